The van der Waals surface area contributed by atoms with Gasteiger partial charge in [0.05, 0.1) is 16.5 Å². The van der Waals surface area contributed by atoms with E-state index < -0.39 is 0 Å². The van der Waals surface area contributed by atoms with Gasteiger partial charge in [-0.1, -0.05) is 6.92 Å². The number of hydrogen-bond acceptors (Lipinski definition) is 1. The molecule has 1 saturated carbocycles. The van der Waals surface area contributed by atoms with Crippen LogP contribution in [0.2, 0.25) is 0 Å². The summed E-state index contributed by atoms with van der Waals surface area (Å²) in [4.78, 5) is 14.5. The normalized spacial score (nSPS) is 19.4. The van der Waals surface area contributed by atoms with Gasteiger partial charge in [-0.3, -0.25) is 4.79 Å². The molecule has 2 heterocycles. The van der Waals surface area contributed by atoms with E-state index in [2.05, 4.69) is 15.9 Å². The van der Waals surface area contributed by atoms with E-state index in [1.165, 1.54) is 0 Å². The van der Waals surface area contributed by atoms with Crippen molar-refractivity contribution >= 4 is 21.8 Å². The van der Waals surface area contributed by atoms with Crippen molar-refractivity contribution in [3.8, 4) is 0 Å². The molecule has 1 aliphatic heterocycles. The third-order valence-electron chi connectivity index (χ3n) is 4.17. The van der Waals surface area contributed by atoms with Gasteiger partial charge in [-0.15, -0.1) is 0 Å². The minimum atomic E-state index is 0.135. The van der Waals surface area contributed by atoms with E-state index in [1.807, 2.05) is 22.6 Å². The zero-order chi connectivity index (χ0) is 14.3. The molecule has 0 atom stereocenters. The van der Waals surface area contributed by atoms with Gasteiger partial charge >= 0.3 is 0 Å². The molecule has 0 unspecified atom stereocenters. The van der Waals surface area contributed by atoms with Crippen LogP contribution < -0.4 is 0 Å². The molecule has 20 heavy (non-hydrogen) atoms. The van der Waals surface area contributed by atoms with Crippen molar-refractivity contribution in [3.63, 3.8) is 0 Å². The molecule has 1 aliphatic carbocycles. The number of aromatic nitrogens is 1. The molecule has 3 nitrogen and oxygen atoms in total. The van der Waals surface area contributed by atoms with Gasteiger partial charge in [0.1, 0.15) is 0 Å². The minimum absolute atomic E-state index is 0.135. The van der Waals surface area contributed by atoms with Crippen LogP contribution in [0.4, 0.5) is 4.39 Å². The zero-order valence-electron chi connectivity index (χ0n) is 11.5. The van der Waals surface area contributed by atoms with Crippen LogP contribution >= 0.6 is 15.9 Å². The lowest BCUT2D eigenvalue weighted by atomic mass is 10.0. The Bertz CT molecular complexity index is 575. The lowest BCUT2D eigenvalue weighted by Crippen LogP contribution is -2.38. The average molecular weight is 341 g/mol. The van der Waals surface area contributed by atoms with Crippen LogP contribution in [-0.2, 0) is 13.0 Å². The van der Waals surface area contributed by atoms with Gasteiger partial charge in [-0.2, -0.15) is 0 Å². The maximum Gasteiger partial charge on any atom is 0.255 e. The molecule has 108 valence electrons. The molecule has 0 radical (unpaired) electrons. The molecule has 0 spiro atoms. The molecular formula is C15H18BrFN2O. The topological polar surface area (TPSA) is 25.2 Å². The quantitative estimate of drug-likeness (QED) is 0.820. The number of allylic oxidation sites excluding steroid dienone is 1. The maximum atomic E-state index is 12.7. The molecule has 0 N–H and O–H groups in total. The number of fused-ring (bicyclic) bond motifs is 1. The van der Waals surface area contributed by atoms with Crippen LogP contribution in [-0.4, -0.2) is 28.0 Å². The fourth-order valence-corrected chi connectivity index (χ4v) is 3.42. The molecule has 5 heteroatoms. The summed E-state index contributed by atoms with van der Waals surface area (Å²) in [5.74, 6) is 0.135. The molecule has 0 aromatic carbocycles. The first-order valence-electron chi connectivity index (χ1n) is 7.12. The second-order valence-electron chi connectivity index (χ2n) is 5.54. The van der Waals surface area contributed by atoms with Crippen molar-refractivity contribution in [2.75, 3.05) is 6.54 Å². The molecule has 0 saturated heterocycles. The number of carbonyl (C=O) groups excluding carboxylic acids is 1. The molecule has 1 amide bonds. The van der Waals surface area contributed by atoms with Crippen LogP contribution in [0.25, 0.3) is 0 Å². The summed E-state index contributed by atoms with van der Waals surface area (Å²) in [5.41, 5.74) is 2.58. The number of rotatable bonds is 4. The minimum Gasteiger partial charge on any atom is -0.337 e. The SMILES string of the molecule is CC/C(=C\F)Cn1cc2c(c1Br)CCN(C1CC1)C2=O. The highest BCUT2D eigenvalue weighted by Gasteiger charge is 2.37. The number of amides is 1. The van der Waals surface area contributed by atoms with Gasteiger partial charge in [0.15, 0.2) is 0 Å². The Balaban J connectivity index is 1.89. The predicted molar refractivity (Wildman–Crippen MR) is 79.4 cm³/mol. The van der Waals surface area contributed by atoms with Gasteiger partial charge in [0, 0.05) is 25.3 Å². The first kappa shape index (κ1) is 13.9. The number of carbonyl (C=O) groups is 1. The Morgan fingerprint density at radius 3 is 2.90 bits per heavy atom. The highest BCUT2D eigenvalue weighted by atomic mass is 79.9. The van der Waals surface area contributed by atoms with Crippen molar-refractivity contribution in [1.29, 1.82) is 0 Å². The maximum absolute atomic E-state index is 12.7. The van der Waals surface area contributed by atoms with Crippen LogP contribution in [0.3, 0.4) is 0 Å². The van der Waals surface area contributed by atoms with E-state index in [-0.39, 0.29) is 5.91 Å². The van der Waals surface area contributed by atoms with Crippen molar-refractivity contribution < 1.29 is 9.18 Å². The molecule has 1 aromatic heterocycles. The fraction of sp³-hybridized carbons (Fsp3) is 0.533. The van der Waals surface area contributed by atoms with Crippen LogP contribution in [0.1, 0.15) is 42.1 Å². The lowest BCUT2D eigenvalue weighted by Gasteiger charge is -2.26. The van der Waals surface area contributed by atoms with Gasteiger partial charge in [-0.25, -0.2) is 4.39 Å². The van der Waals surface area contributed by atoms with Crippen molar-refractivity contribution in [2.24, 2.45) is 0 Å². The Hall–Kier alpha value is -1.10. The van der Waals surface area contributed by atoms with Crippen molar-refractivity contribution in [1.82, 2.24) is 9.47 Å². The Labute approximate surface area is 126 Å². The van der Waals surface area contributed by atoms with Crippen LogP contribution in [0, 0.1) is 0 Å². The van der Waals surface area contributed by atoms with E-state index in [4.69, 9.17) is 0 Å². The summed E-state index contributed by atoms with van der Waals surface area (Å²) in [7, 11) is 0. The largest absolute Gasteiger partial charge is 0.337 e. The average Bonchev–Trinajstić information content (AvgIpc) is 3.24. The van der Waals surface area contributed by atoms with Crippen molar-refractivity contribution in [3.05, 3.63) is 33.8 Å². The van der Waals surface area contributed by atoms with Crippen LogP contribution in [0.5, 0.6) is 0 Å². The second kappa shape index (κ2) is 5.35. The third-order valence-corrected chi connectivity index (χ3v) is 5.11. The summed E-state index contributed by atoms with van der Waals surface area (Å²) in [6.45, 7) is 3.23. The van der Waals surface area contributed by atoms with Crippen molar-refractivity contribution in [2.45, 2.75) is 45.2 Å². The summed E-state index contributed by atoms with van der Waals surface area (Å²) < 4.78 is 15.6. The summed E-state index contributed by atoms with van der Waals surface area (Å²) in [6, 6.07) is 0.453. The van der Waals surface area contributed by atoms with Crippen LogP contribution in [0.15, 0.2) is 22.7 Å². The standard InChI is InChI=1S/C15H18BrFN2O/c1-2-10(7-17)8-18-9-13-12(14(18)16)5-6-19(15(13)20)11-3-4-11/h7,9,11H,2-6,8H2,1H3/b10-7+. The van der Waals surface area contributed by atoms with Gasteiger partial charge in [0.2, 0.25) is 0 Å². The highest BCUT2D eigenvalue weighted by Crippen LogP contribution is 2.35. The number of halogens is 2. The number of hydrogen-bond donors (Lipinski definition) is 0. The van der Waals surface area contributed by atoms with Gasteiger partial charge in [0.25, 0.3) is 5.91 Å². The van der Waals surface area contributed by atoms with E-state index in [0.717, 1.165) is 47.1 Å². The van der Waals surface area contributed by atoms with Gasteiger partial charge in [-0.05, 0) is 52.7 Å². The summed E-state index contributed by atoms with van der Waals surface area (Å²) in [5, 5.41) is 0. The zero-order valence-corrected chi connectivity index (χ0v) is 13.1. The van der Waals surface area contributed by atoms with Gasteiger partial charge < -0.3 is 9.47 Å². The first-order valence-corrected chi connectivity index (χ1v) is 7.91. The molecule has 2 aliphatic rings. The molecule has 1 aromatic rings. The smallest absolute Gasteiger partial charge is 0.255 e. The Morgan fingerprint density at radius 1 is 1.55 bits per heavy atom. The molecule has 1 fully saturated rings. The van der Waals surface area contributed by atoms with E-state index >= 15 is 0 Å². The summed E-state index contributed by atoms with van der Waals surface area (Å²) in [6.07, 6.45) is 6.36. The monoisotopic (exact) mass is 340 g/mol. The number of nitrogens with zero attached hydrogens (tertiary/aromatic N) is 2. The molecule has 3 rings (SSSR count). The fourth-order valence-electron chi connectivity index (χ4n) is 2.78. The van der Waals surface area contributed by atoms with E-state index in [9.17, 15) is 9.18 Å². The summed E-state index contributed by atoms with van der Waals surface area (Å²) >= 11 is 3.57. The molecule has 0 bridgehead atoms. The Morgan fingerprint density at radius 2 is 2.30 bits per heavy atom. The van der Waals surface area contributed by atoms with E-state index in [0.29, 0.717) is 25.3 Å². The van der Waals surface area contributed by atoms with E-state index in [1.54, 1.807) is 0 Å². The first-order chi connectivity index (χ1) is 9.65. The predicted octanol–water partition coefficient (Wildman–Crippen LogP) is 3.67. The third kappa shape index (κ3) is 2.32. The second-order valence-corrected chi connectivity index (χ2v) is 6.29. The molecular weight excluding hydrogens is 323 g/mol. The highest BCUT2D eigenvalue weighted by molar-refractivity contribution is 9.10. The Kier molecular flexibility index (Phi) is 3.71. The lowest BCUT2D eigenvalue weighted by molar-refractivity contribution is 0.0727.